The van der Waals surface area contributed by atoms with Crippen LogP contribution < -0.4 is 5.73 Å². The first-order valence-electron chi connectivity index (χ1n) is 4.38. The highest BCUT2D eigenvalue weighted by Crippen LogP contribution is 2.22. The number of nitrogens with two attached hydrogens (primary N) is 1. The van der Waals surface area contributed by atoms with Crippen LogP contribution in [0.3, 0.4) is 0 Å². The molecule has 0 aliphatic rings. The molecule has 16 heavy (non-hydrogen) atoms. The van der Waals surface area contributed by atoms with E-state index < -0.39 is 5.97 Å². The van der Waals surface area contributed by atoms with E-state index in [-0.39, 0.29) is 12.2 Å². The van der Waals surface area contributed by atoms with Crippen molar-refractivity contribution in [1.82, 2.24) is 20.2 Å². The van der Waals surface area contributed by atoms with Crippen molar-refractivity contribution in [3.05, 3.63) is 5.69 Å². The van der Waals surface area contributed by atoms with Crippen LogP contribution >= 0.6 is 11.8 Å². The number of nitrogen functional groups attached to an aromatic ring is 1. The summed E-state index contributed by atoms with van der Waals surface area (Å²) in [6, 6.07) is 0. The molecule has 0 aliphatic carbocycles. The minimum atomic E-state index is -0.959. The molecule has 4 N–H and O–H groups in total. The molecule has 0 bridgehead atoms. The minimum absolute atomic E-state index is 0.178. The van der Waals surface area contributed by atoms with Gasteiger partial charge >= 0.3 is 5.97 Å². The van der Waals surface area contributed by atoms with Crippen molar-refractivity contribution < 1.29 is 9.90 Å². The van der Waals surface area contributed by atoms with E-state index in [9.17, 15) is 4.79 Å². The molecule has 2 aromatic rings. The van der Waals surface area contributed by atoms with Crippen LogP contribution in [0.5, 0.6) is 0 Å². The van der Waals surface area contributed by atoms with Crippen molar-refractivity contribution in [2.45, 2.75) is 11.6 Å². The maximum atomic E-state index is 10.6. The number of aliphatic carboxylic acids is 1. The largest absolute Gasteiger partial charge is 0.481 e. The Labute approximate surface area is 94.5 Å². The number of carboxylic acids is 1. The van der Waals surface area contributed by atoms with Crippen molar-refractivity contribution in [3.63, 3.8) is 0 Å². The molecule has 0 fully saturated rings. The number of thioether (sulfide) groups is 1. The molecule has 0 spiro atoms. The Morgan fingerprint density at radius 2 is 2.31 bits per heavy atom. The number of carbonyl (C=O) groups is 1. The summed E-state index contributed by atoms with van der Waals surface area (Å²) in [5, 5.41) is 16.2. The summed E-state index contributed by atoms with van der Waals surface area (Å²) in [6.07, 6.45) is 1.65. The number of H-pyrrole nitrogens is 1. The lowest BCUT2D eigenvalue weighted by Crippen LogP contribution is -2.02. The first-order valence-corrected chi connectivity index (χ1v) is 5.60. The molecule has 8 heteroatoms. The fourth-order valence-electron chi connectivity index (χ4n) is 1.36. The fourth-order valence-corrected chi connectivity index (χ4v) is 1.73. The molecule has 0 amide bonds. The predicted octanol–water partition coefficient (Wildman–Crippen LogP) is 0.284. The molecule has 7 nitrogen and oxygen atoms in total. The van der Waals surface area contributed by atoms with E-state index in [2.05, 4.69) is 20.2 Å². The molecule has 0 aliphatic heterocycles. The minimum Gasteiger partial charge on any atom is -0.481 e. The zero-order valence-electron chi connectivity index (χ0n) is 8.39. The topological polar surface area (TPSA) is 118 Å². The molecule has 0 atom stereocenters. The van der Waals surface area contributed by atoms with Crippen LogP contribution in [0.25, 0.3) is 11.0 Å². The van der Waals surface area contributed by atoms with E-state index in [0.29, 0.717) is 21.9 Å². The average Bonchev–Trinajstić information content (AvgIpc) is 2.60. The molecule has 0 aromatic carbocycles. The van der Waals surface area contributed by atoms with E-state index in [1.807, 2.05) is 6.26 Å². The maximum Gasteiger partial charge on any atom is 0.309 e. The van der Waals surface area contributed by atoms with Crippen LogP contribution in [-0.4, -0.2) is 37.5 Å². The van der Waals surface area contributed by atoms with E-state index in [4.69, 9.17) is 10.8 Å². The zero-order valence-corrected chi connectivity index (χ0v) is 9.21. The van der Waals surface area contributed by atoms with Gasteiger partial charge in [0, 0.05) is 0 Å². The number of rotatable bonds is 3. The van der Waals surface area contributed by atoms with Crippen LogP contribution in [-0.2, 0) is 11.2 Å². The predicted molar refractivity (Wildman–Crippen MR) is 59.2 cm³/mol. The molecule has 2 heterocycles. The smallest absolute Gasteiger partial charge is 0.309 e. The number of aromatic amines is 1. The van der Waals surface area contributed by atoms with Crippen LogP contribution in [0.15, 0.2) is 5.16 Å². The van der Waals surface area contributed by atoms with Crippen molar-refractivity contribution in [3.8, 4) is 0 Å². The monoisotopic (exact) mass is 239 g/mol. The van der Waals surface area contributed by atoms with Gasteiger partial charge in [-0.15, -0.1) is 0 Å². The molecule has 2 aromatic heterocycles. The first kappa shape index (κ1) is 10.7. The Bertz CT molecular complexity index is 553. The highest BCUT2D eigenvalue weighted by atomic mass is 32.2. The third kappa shape index (κ3) is 1.78. The van der Waals surface area contributed by atoms with Gasteiger partial charge in [-0.2, -0.15) is 5.10 Å². The lowest BCUT2D eigenvalue weighted by atomic mass is 10.2. The molecular weight excluding hydrogens is 230 g/mol. The summed E-state index contributed by atoms with van der Waals surface area (Å²) in [7, 11) is 0. The molecule has 2 rings (SSSR count). The van der Waals surface area contributed by atoms with E-state index in [1.165, 1.54) is 11.8 Å². The number of anilines is 1. The van der Waals surface area contributed by atoms with Crippen molar-refractivity contribution in [2.75, 3.05) is 12.0 Å². The maximum absolute atomic E-state index is 10.6. The summed E-state index contributed by atoms with van der Waals surface area (Å²) < 4.78 is 0. The highest BCUT2D eigenvalue weighted by Gasteiger charge is 2.14. The lowest BCUT2D eigenvalue weighted by Gasteiger charge is -1.99. The van der Waals surface area contributed by atoms with Crippen LogP contribution in [0.1, 0.15) is 5.69 Å². The molecule has 84 valence electrons. The van der Waals surface area contributed by atoms with E-state index in [1.54, 1.807) is 0 Å². The number of nitrogens with zero attached hydrogens (tertiary/aromatic N) is 3. The molecular formula is C8H9N5O2S. The van der Waals surface area contributed by atoms with Gasteiger partial charge in [0.1, 0.15) is 5.82 Å². The summed E-state index contributed by atoms with van der Waals surface area (Å²) in [6.45, 7) is 0. The average molecular weight is 239 g/mol. The first-order chi connectivity index (χ1) is 7.61. The Morgan fingerprint density at radius 1 is 1.56 bits per heavy atom. The van der Waals surface area contributed by atoms with Gasteiger partial charge in [-0.05, 0) is 6.26 Å². The third-order valence-corrected chi connectivity index (χ3v) is 2.55. The Balaban J connectivity index is 2.59. The Kier molecular flexibility index (Phi) is 2.65. The third-order valence-electron chi connectivity index (χ3n) is 2.01. The summed E-state index contributed by atoms with van der Waals surface area (Å²) in [4.78, 5) is 18.8. The second kappa shape index (κ2) is 3.97. The van der Waals surface area contributed by atoms with Gasteiger partial charge in [-0.1, -0.05) is 11.8 Å². The molecule has 0 saturated carbocycles. The molecule has 0 radical (unpaired) electrons. The number of hydrogen-bond acceptors (Lipinski definition) is 6. The standard InChI is InChI=1S/C8H9N5O2S/c1-16-8-10-6(9)5-3(2-4(14)15)12-13-7(5)11-8/h2H2,1H3,(H,14,15)(H3,9,10,11,12,13). The fraction of sp³-hybridized carbons (Fsp3) is 0.250. The molecule has 0 saturated heterocycles. The number of hydrogen-bond donors (Lipinski definition) is 3. The Morgan fingerprint density at radius 3 is 2.94 bits per heavy atom. The van der Waals surface area contributed by atoms with Gasteiger partial charge in [0.05, 0.1) is 17.5 Å². The van der Waals surface area contributed by atoms with Crippen molar-refractivity contribution in [2.24, 2.45) is 0 Å². The second-order valence-electron chi connectivity index (χ2n) is 3.07. The summed E-state index contributed by atoms with van der Waals surface area (Å²) in [5.74, 6) is -0.710. The number of fused-ring (bicyclic) bond motifs is 1. The van der Waals surface area contributed by atoms with Crippen molar-refractivity contribution in [1.29, 1.82) is 0 Å². The number of aromatic nitrogens is 4. The lowest BCUT2D eigenvalue weighted by molar-refractivity contribution is -0.136. The Hall–Kier alpha value is -1.83. The zero-order chi connectivity index (χ0) is 11.7. The summed E-state index contributed by atoms with van der Waals surface area (Å²) >= 11 is 1.35. The van der Waals surface area contributed by atoms with Gasteiger partial charge in [-0.25, -0.2) is 9.97 Å². The normalized spacial score (nSPS) is 10.8. The van der Waals surface area contributed by atoms with Crippen LogP contribution in [0, 0.1) is 0 Å². The molecule has 0 unspecified atom stereocenters. The number of nitrogens with one attached hydrogen (secondary N) is 1. The SMILES string of the molecule is CSc1nc(N)c2c(CC(=O)O)[nH]nc2n1. The van der Waals surface area contributed by atoms with Gasteiger partial charge < -0.3 is 10.8 Å². The van der Waals surface area contributed by atoms with Crippen molar-refractivity contribution >= 4 is 34.6 Å². The van der Waals surface area contributed by atoms with E-state index in [0.717, 1.165) is 0 Å². The van der Waals surface area contributed by atoms with E-state index >= 15 is 0 Å². The van der Waals surface area contributed by atoms with Crippen LogP contribution in [0.4, 0.5) is 5.82 Å². The number of carboxylic acid groups (broad SMARTS) is 1. The second-order valence-corrected chi connectivity index (χ2v) is 3.84. The summed E-state index contributed by atoms with van der Waals surface area (Å²) in [5.41, 5.74) is 6.56. The highest BCUT2D eigenvalue weighted by molar-refractivity contribution is 7.98. The quantitative estimate of drug-likeness (QED) is 0.520. The van der Waals surface area contributed by atoms with Crippen LogP contribution in [0.2, 0.25) is 0 Å². The van der Waals surface area contributed by atoms with Gasteiger partial charge in [0.2, 0.25) is 0 Å². The van der Waals surface area contributed by atoms with Gasteiger partial charge in [0.15, 0.2) is 10.8 Å². The van der Waals surface area contributed by atoms with Gasteiger partial charge in [0.25, 0.3) is 0 Å². The van der Waals surface area contributed by atoms with Gasteiger partial charge in [-0.3, -0.25) is 9.89 Å².